The highest BCUT2D eigenvalue weighted by atomic mass is 35.5. The summed E-state index contributed by atoms with van der Waals surface area (Å²) in [5.41, 5.74) is 2.13. The van der Waals surface area contributed by atoms with E-state index in [0.717, 1.165) is 24.0 Å². The van der Waals surface area contributed by atoms with Gasteiger partial charge in [-0.1, -0.05) is 47.0 Å². The molecular weight excluding hydrogens is 423 g/mol. The van der Waals surface area contributed by atoms with Crippen LogP contribution in [0.4, 0.5) is 0 Å². The van der Waals surface area contributed by atoms with Crippen LogP contribution in [-0.4, -0.2) is 37.6 Å². The van der Waals surface area contributed by atoms with Gasteiger partial charge >= 0.3 is 0 Å². The van der Waals surface area contributed by atoms with E-state index in [9.17, 15) is 9.59 Å². The number of halogens is 2. The Bertz CT molecular complexity index is 926. The molecule has 7 heteroatoms. The van der Waals surface area contributed by atoms with Gasteiger partial charge in [0.2, 0.25) is 5.91 Å². The third-order valence-electron chi connectivity index (χ3n) is 5.57. The highest BCUT2D eigenvalue weighted by molar-refractivity contribution is 6.35. The van der Waals surface area contributed by atoms with E-state index in [4.69, 9.17) is 27.9 Å². The van der Waals surface area contributed by atoms with Gasteiger partial charge in [0, 0.05) is 40.8 Å². The number of rotatable bonds is 6. The van der Waals surface area contributed by atoms with Gasteiger partial charge in [0.15, 0.2) is 0 Å². The van der Waals surface area contributed by atoms with Gasteiger partial charge in [0.25, 0.3) is 5.91 Å². The summed E-state index contributed by atoms with van der Waals surface area (Å²) in [6, 6.07) is 12.0. The Morgan fingerprint density at radius 2 is 1.87 bits per heavy atom. The molecule has 2 aromatic carbocycles. The van der Waals surface area contributed by atoms with Crippen LogP contribution in [0, 0.1) is 6.92 Å². The van der Waals surface area contributed by atoms with Crippen LogP contribution in [0.3, 0.4) is 0 Å². The first kappa shape index (κ1) is 22.6. The number of hydrogen-bond acceptors (Lipinski definition) is 3. The molecule has 1 atom stereocenters. The number of hydrogen-bond donors (Lipinski definition) is 2. The Morgan fingerprint density at radius 1 is 1.13 bits per heavy atom. The molecule has 1 saturated heterocycles. The van der Waals surface area contributed by atoms with Crippen LogP contribution in [0.1, 0.15) is 41.3 Å². The molecular formula is C23H26Cl2N2O3. The van der Waals surface area contributed by atoms with E-state index in [2.05, 4.69) is 10.6 Å². The van der Waals surface area contributed by atoms with Crippen molar-refractivity contribution in [3.05, 3.63) is 69.2 Å². The van der Waals surface area contributed by atoms with Gasteiger partial charge in [0.1, 0.15) is 6.04 Å². The van der Waals surface area contributed by atoms with Crippen LogP contribution in [0.25, 0.3) is 0 Å². The minimum absolute atomic E-state index is 0.244. The number of carbonyl (C=O) groups excluding carboxylic acids is 2. The number of ether oxygens (including phenoxy) is 1. The molecule has 0 radical (unpaired) electrons. The Kier molecular flexibility index (Phi) is 7.40. The normalized spacial score (nSPS) is 16.5. The van der Waals surface area contributed by atoms with Crippen molar-refractivity contribution in [2.24, 2.45) is 0 Å². The quantitative estimate of drug-likeness (QED) is 0.692. The lowest BCUT2D eigenvalue weighted by Gasteiger charge is -2.38. The molecule has 0 spiro atoms. The lowest BCUT2D eigenvalue weighted by atomic mass is 9.74. The zero-order chi connectivity index (χ0) is 21.7. The maximum atomic E-state index is 12.7. The van der Waals surface area contributed by atoms with E-state index >= 15 is 0 Å². The summed E-state index contributed by atoms with van der Waals surface area (Å²) in [7, 11) is 0. The highest BCUT2D eigenvalue weighted by Crippen LogP contribution is 2.39. The molecule has 0 saturated carbocycles. The lowest BCUT2D eigenvalue weighted by molar-refractivity contribution is -0.123. The Labute approximate surface area is 187 Å². The van der Waals surface area contributed by atoms with Crippen molar-refractivity contribution in [1.82, 2.24) is 10.6 Å². The molecule has 30 heavy (non-hydrogen) atoms. The minimum Gasteiger partial charge on any atom is -0.381 e. The summed E-state index contributed by atoms with van der Waals surface area (Å²) < 4.78 is 5.54. The van der Waals surface area contributed by atoms with Gasteiger partial charge in [-0.15, -0.1) is 0 Å². The third kappa shape index (κ3) is 5.34. The van der Waals surface area contributed by atoms with E-state index in [1.165, 1.54) is 0 Å². The number of carbonyl (C=O) groups is 2. The summed E-state index contributed by atoms with van der Waals surface area (Å²) in [6.07, 6.45) is 1.47. The van der Waals surface area contributed by atoms with E-state index < -0.39 is 6.04 Å². The number of nitrogens with one attached hydrogen (secondary N) is 2. The Balaban J connectivity index is 1.67. The standard InChI is InChI=1S/C23H26Cl2N2O3/c1-15-4-3-5-17(12-15)22(29)27-16(2)21(28)26-14-23(8-10-30-11-9-23)19-7-6-18(24)13-20(19)25/h3-7,12-13,16H,8-11,14H2,1-2H3,(H,26,28)(H,27,29). The van der Waals surface area contributed by atoms with Crippen LogP contribution in [0.5, 0.6) is 0 Å². The van der Waals surface area contributed by atoms with Crippen LogP contribution >= 0.6 is 23.2 Å². The summed E-state index contributed by atoms with van der Waals surface area (Å²) >= 11 is 12.5. The second-order valence-electron chi connectivity index (χ2n) is 7.80. The molecule has 160 valence electrons. The minimum atomic E-state index is -0.671. The second kappa shape index (κ2) is 9.82. The Morgan fingerprint density at radius 3 is 2.53 bits per heavy atom. The molecule has 1 heterocycles. The molecule has 0 aliphatic carbocycles. The predicted molar refractivity (Wildman–Crippen MR) is 119 cm³/mol. The fourth-order valence-electron chi connectivity index (χ4n) is 3.76. The SMILES string of the molecule is Cc1cccc(C(=O)NC(C)C(=O)NCC2(c3ccc(Cl)cc3Cl)CCOCC2)c1. The van der Waals surface area contributed by atoms with Gasteiger partial charge in [0.05, 0.1) is 0 Å². The van der Waals surface area contributed by atoms with Gasteiger partial charge in [-0.2, -0.15) is 0 Å². The maximum Gasteiger partial charge on any atom is 0.251 e. The van der Waals surface area contributed by atoms with Crippen molar-refractivity contribution >= 4 is 35.0 Å². The zero-order valence-electron chi connectivity index (χ0n) is 17.1. The summed E-state index contributed by atoms with van der Waals surface area (Å²) in [6.45, 7) is 5.18. The summed E-state index contributed by atoms with van der Waals surface area (Å²) in [5, 5.41) is 6.92. The third-order valence-corrected chi connectivity index (χ3v) is 6.12. The molecule has 1 aliphatic rings. The fourth-order valence-corrected chi connectivity index (χ4v) is 4.37. The number of amides is 2. The smallest absolute Gasteiger partial charge is 0.251 e. The van der Waals surface area contributed by atoms with E-state index in [-0.39, 0.29) is 17.2 Å². The van der Waals surface area contributed by atoms with Crippen molar-refractivity contribution in [1.29, 1.82) is 0 Å². The van der Waals surface area contributed by atoms with Crippen LogP contribution in [0.15, 0.2) is 42.5 Å². The van der Waals surface area contributed by atoms with Gasteiger partial charge < -0.3 is 15.4 Å². The molecule has 2 amide bonds. The van der Waals surface area contributed by atoms with Crippen molar-refractivity contribution < 1.29 is 14.3 Å². The fraction of sp³-hybridized carbons (Fsp3) is 0.391. The molecule has 0 aromatic heterocycles. The van der Waals surface area contributed by atoms with Gasteiger partial charge in [-0.05, 0) is 56.5 Å². The monoisotopic (exact) mass is 448 g/mol. The lowest BCUT2D eigenvalue weighted by Crippen LogP contribution is -2.50. The van der Waals surface area contributed by atoms with Crippen LogP contribution in [0.2, 0.25) is 10.0 Å². The molecule has 1 unspecified atom stereocenters. The topological polar surface area (TPSA) is 67.4 Å². The first-order valence-electron chi connectivity index (χ1n) is 9.99. The Hall–Kier alpha value is -2.08. The average molecular weight is 449 g/mol. The van der Waals surface area contributed by atoms with Crippen molar-refractivity contribution in [3.8, 4) is 0 Å². The first-order chi connectivity index (χ1) is 14.3. The molecule has 3 rings (SSSR count). The predicted octanol–water partition coefficient (Wildman–Crippen LogP) is 4.28. The van der Waals surface area contributed by atoms with Gasteiger partial charge in [-0.25, -0.2) is 0 Å². The van der Waals surface area contributed by atoms with E-state index in [0.29, 0.717) is 35.4 Å². The van der Waals surface area contributed by atoms with E-state index in [1.54, 1.807) is 25.1 Å². The zero-order valence-corrected chi connectivity index (χ0v) is 18.6. The molecule has 2 N–H and O–H groups in total. The summed E-state index contributed by atoms with van der Waals surface area (Å²) in [5.74, 6) is -0.519. The number of aryl methyl sites for hydroxylation is 1. The van der Waals surface area contributed by atoms with Crippen molar-refractivity contribution in [3.63, 3.8) is 0 Å². The van der Waals surface area contributed by atoms with Crippen molar-refractivity contribution in [2.75, 3.05) is 19.8 Å². The van der Waals surface area contributed by atoms with E-state index in [1.807, 2.05) is 31.2 Å². The molecule has 5 nitrogen and oxygen atoms in total. The summed E-state index contributed by atoms with van der Waals surface area (Å²) in [4.78, 5) is 25.2. The number of benzene rings is 2. The second-order valence-corrected chi connectivity index (χ2v) is 8.64. The average Bonchev–Trinajstić information content (AvgIpc) is 2.72. The van der Waals surface area contributed by atoms with Crippen molar-refractivity contribution in [2.45, 2.75) is 38.1 Å². The molecule has 2 aromatic rings. The van der Waals surface area contributed by atoms with Gasteiger partial charge in [-0.3, -0.25) is 9.59 Å². The molecule has 1 aliphatic heterocycles. The molecule has 1 fully saturated rings. The highest BCUT2D eigenvalue weighted by Gasteiger charge is 2.37. The van der Waals surface area contributed by atoms with Crippen LogP contribution in [-0.2, 0) is 14.9 Å². The van der Waals surface area contributed by atoms with Crippen LogP contribution < -0.4 is 10.6 Å². The maximum absolute atomic E-state index is 12.7. The largest absolute Gasteiger partial charge is 0.381 e. The molecule has 0 bridgehead atoms. The first-order valence-corrected chi connectivity index (χ1v) is 10.7.